The van der Waals surface area contributed by atoms with E-state index in [9.17, 15) is 5.11 Å². The van der Waals surface area contributed by atoms with E-state index in [1.807, 2.05) is 21.0 Å². The molecule has 0 spiro atoms. The Morgan fingerprint density at radius 2 is 2.26 bits per heavy atom. The van der Waals surface area contributed by atoms with Crippen LogP contribution in [0, 0.1) is 6.92 Å². The van der Waals surface area contributed by atoms with E-state index in [4.69, 9.17) is 5.73 Å². The molecule has 2 rings (SSSR count). The van der Waals surface area contributed by atoms with Crippen LogP contribution in [0.2, 0.25) is 0 Å². The van der Waals surface area contributed by atoms with E-state index in [2.05, 4.69) is 30.7 Å². The highest BCUT2D eigenvalue weighted by Gasteiger charge is 2.33. The summed E-state index contributed by atoms with van der Waals surface area (Å²) >= 11 is 3.58. The van der Waals surface area contributed by atoms with E-state index in [1.54, 1.807) is 6.20 Å². The van der Waals surface area contributed by atoms with Gasteiger partial charge in [-0.15, -0.1) is 0 Å². The number of nitrogens with two attached hydrogens (primary N) is 1. The summed E-state index contributed by atoms with van der Waals surface area (Å²) in [6.07, 6.45) is 2.17. The number of likely N-dealkylation sites (N-methyl/N-ethyl adjacent to an activating group) is 1. The lowest BCUT2D eigenvalue weighted by Gasteiger charge is -2.29. The Bertz CT molecular complexity index is 466. The number of aliphatic hydroxyl groups is 1. The first-order valence-electron chi connectivity index (χ1n) is 6.40. The summed E-state index contributed by atoms with van der Waals surface area (Å²) in [5.74, 6) is 0.870. The van der Waals surface area contributed by atoms with Gasteiger partial charge >= 0.3 is 0 Å². The first kappa shape index (κ1) is 14.6. The van der Waals surface area contributed by atoms with Gasteiger partial charge in [-0.2, -0.15) is 0 Å². The molecule has 0 aliphatic carbocycles. The highest BCUT2D eigenvalue weighted by molar-refractivity contribution is 9.10. The number of aromatic nitrogens is 1. The van der Waals surface area contributed by atoms with Crippen molar-refractivity contribution < 1.29 is 5.11 Å². The van der Waals surface area contributed by atoms with Gasteiger partial charge in [-0.05, 0) is 48.9 Å². The topological polar surface area (TPSA) is 65.6 Å². The highest BCUT2D eigenvalue weighted by atomic mass is 79.9. The minimum absolute atomic E-state index is 0.275. The summed E-state index contributed by atoms with van der Waals surface area (Å²) in [5.41, 5.74) is 7.54. The predicted octanol–water partition coefficient (Wildman–Crippen LogP) is 1.24. The molecule has 0 amide bonds. The molecule has 0 radical (unpaired) electrons. The van der Waals surface area contributed by atoms with Crippen LogP contribution in [0.15, 0.2) is 10.7 Å². The maximum absolute atomic E-state index is 9.93. The Morgan fingerprint density at radius 3 is 2.89 bits per heavy atom. The van der Waals surface area contributed by atoms with Gasteiger partial charge in [0.2, 0.25) is 0 Å². The zero-order chi connectivity index (χ0) is 14.2. The molecule has 1 aromatic rings. The summed E-state index contributed by atoms with van der Waals surface area (Å²) in [6.45, 7) is 3.49. The summed E-state index contributed by atoms with van der Waals surface area (Å²) in [6, 6.07) is 0.275. The average Bonchev–Trinajstić information content (AvgIpc) is 2.66. The molecular formula is C13H21BrN4O. The fourth-order valence-electron chi connectivity index (χ4n) is 2.52. The largest absolute Gasteiger partial charge is 0.397 e. The monoisotopic (exact) mass is 328 g/mol. The molecule has 6 heteroatoms. The van der Waals surface area contributed by atoms with Crippen LogP contribution in [-0.2, 0) is 0 Å². The zero-order valence-corrected chi connectivity index (χ0v) is 13.2. The smallest absolute Gasteiger partial charge is 0.143 e. The van der Waals surface area contributed by atoms with Crippen molar-refractivity contribution in [3.8, 4) is 0 Å². The molecule has 1 aliphatic rings. The van der Waals surface area contributed by atoms with Crippen LogP contribution < -0.4 is 10.6 Å². The fourth-order valence-corrected chi connectivity index (χ4v) is 3.08. The van der Waals surface area contributed by atoms with E-state index in [-0.39, 0.29) is 12.1 Å². The minimum atomic E-state index is -0.295. The van der Waals surface area contributed by atoms with Crippen molar-refractivity contribution in [2.24, 2.45) is 0 Å². The van der Waals surface area contributed by atoms with E-state index in [1.165, 1.54) is 0 Å². The van der Waals surface area contributed by atoms with Gasteiger partial charge in [0.25, 0.3) is 0 Å². The maximum Gasteiger partial charge on any atom is 0.143 e. The Kier molecular flexibility index (Phi) is 4.32. The van der Waals surface area contributed by atoms with Crippen LogP contribution in [-0.4, -0.2) is 54.3 Å². The van der Waals surface area contributed by atoms with Gasteiger partial charge in [0.1, 0.15) is 5.82 Å². The second kappa shape index (κ2) is 5.64. The van der Waals surface area contributed by atoms with Crippen LogP contribution in [0.4, 0.5) is 11.5 Å². The molecule has 1 saturated heterocycles. The molecule has 106 valence electrons. The number of anilines is 2. The van der Waals surface area contributed by atoms with E-state index >= 15 is 0 Å². The van der Waals surface area contributed by atoms with Crippen molar-refractivity contribution in [2.45, 2.75) is 25.5 Å². The van der Waals surface area contributed by atoms with Crippen LogP contribution in [0.5, 0.6) is 0 Å². The van der Waals surface area contributed by atoms with Crippen molar-refractivity contribution >= 4 is 27.4 Å². The molecule has 5 nitrogen and oxygen atoms in total. The molecule has 3 N–H and O–H groups in total. The second-order valence-corrected chi connectivity index (χ2v) is 6.23. The van der Waals surface area contributed by atoms with E-state index in [0.29, 0.717) is 12.2 Å². The molecule has 2 unspecified atom stereocenters. The Balaban J connectivity index is 2.31. The number of nitrogens with zero attached hydrogens (tertiary/aromatic N) is 3. The number of halogens is 1. The lowest BCUT2D eigenvalue weighted by atomic mass is 10.2. The van der Waals surface area contributed by atoms with Gasteiger partial charge in [0, 0.05) is 19.1 Å². The second-order valence-electron chi connectivity index (χ2n) is 5.43. The molecule has 1 fully saturated rings. The Morgan fingerprint density at radius 1 is 1.58 bits per heavy atom. The number of hydrogen-bond acceptors (Lipinski definition) is 5. The molecule has 19 heavy (non-hydrogen) atoms. The van der Waals surface area contributed by atoms with Crippen molar-refractivity contribution in [3.05, 3.63) is 16.2 Å². The Hall–Kier alpha value is -0.850. The third-order valence-corrected chi connectivity index (χ3v) is 4.47. The number of pyridine rings is 1. The van der Waals surface area contributed by atoms with Gasteiger partial charge in [0.05, 0.1) is 22.5 Å². The number of hydrogen-bond donors (Lipinski definition) is 2. The predicted molar refractivity (Wildman–Crippen MR) is 81.4 cm³/mol. The van der Waals surface area contributed by atoms with Crippen molar-refractivity contribution in [3.63, 3.8) is 0 Å². The van der Waals surface area contributed by atoms with Crippen LogP contribution in [0.3, 0.4) is 0 Å². The number of β-amino-alcohol motifs (C(OH)–C–C–N with tert-alkyl or cyclic N) is 1. The van der Waals surface area contributed by atoms with E-state index < -0.39 is 0 Å². The summed E-state index contributed by atoms with van der Waals surface area (Å²) < 4.78 is 0.922. The molecule has 1 aliphatic heterocycles. The number of nitrogen functional groups attached to an aromatic ring is 1. The third kappa shape index (κ3) is 3.01. The summed E-state index contributed by atoms with van der Waals surface area (Å²) in [4.78, 5) is 8.74. The standard InChI is InChI=1S/C13H21BrN4O/c1-8-11(15)5-16-13(12(8)14)18-7-10(19)4-9(18)6-17(2)3/h5,9-10,19H,4,6-7,15H2,1-3H3. The van der Waals surface area contributed by atoms with Gasteiger partial charge in [-0.1, -0.05) is 0 Å². The molecule has 1 aromatic heterocycles. The third-order valence-electron chi connectivity index (χ3n) is 3.52. The van der Waals surface area contributed by atoms with Crippen molar-refractivity contribution in [1.29, 1.82) is 0 Å². The fraction of sp³-hybridized carbons (Fsp3) is 0.615. The normalized spacial score (nSPS) is 23.4. The van der Waals surface area contributed by atoms with Gasteiger partial charge in [-0.25, -0.2) is 4.98 Å². The van der Waals surface area contributed by atoms with Gasteiger partial charge < -0.3 is 20.6 Å². The quantitative estimate of drug-likeness (QED) is 0.873. The van der Waals surface area contributed by atoms with Crippen molar-refractivity contribution in [1.82, 2.24) is 9.88 Å². The minimum Gasteiger partial charge on any atom is -0.397 e. The van der Waals surface area contributed by atoms with Crippen molar-refractivity contribution in [2.75, 3.05) is 37.8 Å². The van der Waals surface area contributed by atoms with Crippen LogP contribution in [0.25, 0.3) is 0 Å². The zero-order valence-electron chi connectivity index (χ0n) is 11.6. The van der Waals surface area contributed by atoms with Crippen LogP contribution in [0.1, 0.15) is 12.0 Å². The summed E-state index contributed by atoms with van der Waals surface area (Å²) in [7, 11) is 4.08. The molecule has 0 aromatic carbocycles. The maximum atomic E-state index is 9.93. The lowest BCUT2D eigenvalue weighted by Crippen LogP contribution is -2.38. The molecule has 2 atom stereocenters. The Labute approximate surface area is 122 Å². The van der Waals surface area contributed by atoms with Crippen LogP contribution >= 0.6 is 15.9 Å². The lowest BCUT2D eigenvalue weighted by molar-refractivity contribution is 0.191. The van der Waals surface area contributed by atoms with Gasteiger partial charge in [0.15, 0.2) is 0 Å². The molecule has 0 saturated carbocycles. The van der Waals surface area contributed by atoms with Gasteiger partial charge in [-0.3, -0.25) is 0 Å². The molecule has 2 heterocycles. The van der Waals surface area contributed by atoms with E-state index in [0.717, 1.165) is 28.8 Å². The summed E-state index contributed by atoms with van der Waals surface area (Å²) in [5, 5.41) is 9.93. The highest BCUT2D eigenvalue weighted by Crippen LogP contribution is 2.34. The number of aliphatic hydroxyl groups excluding tert-OH is 1. The number of rotatable bonds is 3. The first-order valence-corrected chi connectivity index (χ1v) is 7.19. The first-order chi connectivity index (χ1) is 8.90. The molecular weight excluding hydrogens is 308 g/mol. The molecule has 0 bridgehead atoms. The SMILES string of the molecule is Cc1c(N)cnc(N2CC(O)CC2CN(C)C)c1Br. The average molecular weight is 329 g/mol.